The molecule has 2 fully saturated rings. The highest BCUT2D eigenvalue weighted by molar-refractivity contribution is 14.0. The Hall–Kier alpha value is -0.860. The van der Waals surface area contributed by atoms with Crippen LogP contribution in [0.3, 0.4) is 0 Å². The van der Waals surface area contributed by atoms with Crippen LogP contribution in [-0.4, -0.2) is 55.3 Å². The SMILES string of the molecule is CCNC(=NCCCN1CCc2ccccc2C1)NC1CC2CCC1O2.I. The first-order valence-electron chi connectivity index (χ1n) is 10.3. The van der Waals surface area contributed by atoms with Gasteiger partial charge in [-0.3, -0.25) is 9.89 Å². The summed E-state index contributed by atoms with van der Waals surface area (Å²) in [6, 6.07) is 9.28. The monoisotopic (exact) mass is 484 g/mol. The Kier molecular flexibility index (Phi) is 7.78. The summed E-state index contributed by atoms with van der Waals surface area (Å²) in [4.78, 5) is 7.36. The molecule has 4 rings (SSSR count). The largest absolute Gasteiger partial charge is 0.373 e. The second kappa shape index (κ2) is 10.1. The Morgan fingerprint density at radius 3 is 2.85 bits per heavy atom. The van der Waals surface area contributed by atoms with Crippen LogP contribution in [0.4, 0.5) is 0 Å². The maximum absolute atomic E-state index is 5.95. The number of nitrogens with one attached hydrogen (secondary N) is 2. The van der Waals surface area contributed by atoms with Crippen molar-refractivity contribution in [2.24, 2.45) is 4.99 Å². The van der Waals surface area contributed by atoms with E-state index in [-0.39, 0.29) is 24.0 Å². The first-order chi connectivity index (χ1) is 12.8. The molecule has 3 aliphatic rings. The van der Waals surface area contributed by atoms with Gasteiger partial charge in [-0.25, -0.2) is 0 Å². The smallest absolute Gasteiger partial charge is 0.191 e. The minimum atomic E-state index is 0. The van der Waals surface area contributed by atoms with Crippen LogP contribution in [0.2, 0.25) is 0 Å². The number of nitrogens with zero attached hydrogens (tertiary/aromatic N) is 2. The second-order valence-corrected chi connectivity index (χ2v) is 7.77. The van der Waals surface area contributed by atoms with E-state index in [9.17, 15) is 0 Å². The highest BCUT2D eigenvalue weighted by Crippen LogP contribution is 2.34. The van der Waals surface area contributed by atoms with Gasteiger partial charge in [0.2, 0.25) is 0 Å². The molecule has 0 aliphatic carbocycles. The molecule has 0 amide bonds. The number of benzene rings is 1. The molecule has 5 nitrogen and oxygen atoms in total. The molecule has 150 valence electrons. The first kappa shape index (κ1) is 20.9. The van der Waals surface area contributed by atoms with Crippen molar-refractivity contribution in [3.8, 4) is 0 Å². The lowest BCUT2D eigenvalue weighted by Gasteiger charge is -2.28. The predicted molar refractivity (Wildman–Crippen MR) is 121 cm³/mol. The summed E-state index contributed by atoms with van der Waals surface area (Å²) >= 11 is 0. The second-order valence-electron chi connectivity index (χ2n) is 7.77. The van der Waals surface area contributed by atoms with Crippen LogP contribution >= 0.6 is 24.0 Å². The summed E-state index contributed by atoms with van der Waals surface area (Å²) < 4.78 is 5.95. The molecule has 1 aromatic rings. The van der Waals surface area contributed by atoms with Gasteiger partial charge in [-0.1, -0.05) is 24.3 Å². The fourth-order valence-corrected chi connectivity index (χ4v) is 4.52. The average molecular weight is 484 g/mol. The van der Waals surface area contributed by atoms with Crippen LogP contribution in [0.25, 0.3) is 0 Å². The van der Waals surface area contributed by atoms with Crippen molar-refractivity contribution in [3.63, 3.8) is 0 Å². The molecule has 27 heavy (non-hydrogen) atoms. The number of guanidine groups is 1. The fraction of sp³-hybridized carbons (Fsp3) is 0.667. The van der Waals surface area contributed by atoms with E-state index in [4.69, 9.17) is 9.73 Å². The number of halogens is 1. The predicted octanol–water partition coefficient (Wildman–Crippen LogP) is 2.93. The van der Waals surface area contributed by atoms with Gasteiger partial charge in [0.15, 0.2) is 5.96 Å². The number of hydrogen-bond donors (Lipinski definition) is 2. The molecule has 2 bridgehead atoms. The normalized spacial score (nSPS) is 27.1. The number of ether oxygens (including phenoxy) is 1. The van der Waals surface area contributed by atoms with E-state index in [1.165, 1.54) is 36.9 Å². The van der Waals surface area contributed by atoms with Crippen molar-refractivity contribution >= 4 is 29.9 Å². The molecular formula is C21H33IN4O. The highest BCUT2D eigenvalue weighted by Gasteiger charge is 2.41. The summed E-state index contributed by atoms with van der Waals surface area (Å²) in [5, 5.41) is 6.99. The van der Waals surface area contributed by atoms with E-state index in [2.05, 4.69) is 46.7 Å². The van der Waals surface area contributed by atoms with Crippen LogP contribution in [0.15, 0.2) is 29.3 Å². The van der Waals surface area contributed by atoms with E-state index in [0.29, 0.717) is 18.2 Å². The lowest BCUT2D eigenvalue weighted by molar-refractivity contribution is 0.0992. The molecule has 0 spiro atoms. The van der Waals surface area contributed by atoms with Crippen molar-refractivity contribution < 1.29 is 4.74 Å². The third-order valence-corrected chi connectivity index (χ3v) is 5.88. The van der Waals surface area contributed by atoms with Gasteiger partial charge in [-0.15, -0.1) is 24.0 Å². The van der Waals surface area contributed by atoms with Crippen molar-refractivity contribution in [3.05, 3.63) is 35.4 Å². The van der Waals surface area contributed by atoms with Crippen molar-refractivity contribution in [1.82, 2.24) is 15.5 Å². The van der Waals surface area contributed by atoms with Crippen molar-refractivity contribution in [2.75, 3.05) is 26.2 Å². The van der Waals surface area contributed by atoms with Crippen LogP contribution in [0.1, 0.15) is 43.7 Å². The van der Waals surface area contributed by atoms with Crippen LogP contribution in [0.5, 0.6) is 0 Å². The molecule has 6 heteroatoms. The van der Waals surface area contributed by atoms with Gasteiger partial charge in [0.05, 0.1) is 18.2 Å². The van der Waals surface area contributed by atoms with Crippen molar-refractivity contribution in [1.29, 1.82) is 0 Å². The molecule has 0 aromatic heterocycles. The standard InChI is InChI=1S/C21H32N4O.HI/c1-2-22-21(24-19-14-18-8-9-20(19)26-18)23-11-5-12-25-13-10-16-6-3-4-7-17(16)15-25;/h3-4,6-7,18-20H,2,5,8-15H2,1H3,(H2,22,23,24);1H. The van der Waals surface area contributed by atoms with Gasteiger partial charge in [-0.05, 0) is 50.2 Å². The number of fused-ring (bicyclic) bond motifs is 3. The zero-order valence-electron chi connectivity index (χ0n) is 16.3. The number of aliphatic imine (C=N–C) groups is 1. The molecule has 2 saturated heterocycles. The molecule has 2 N–H and O–H groups in total. The summed E-state index contributed by atoms with van der Waals surface area (Å²) in [7, 11) is 0. The average Bonchev–Trinajstić information content (AvgIpc) is 3.28. The molecule has 3 aliphatic heterocycles. The molecule has 0 radical (unpaired) electrons. The highest BCUT2D eigenvalue weighted by atomic mass is 127. The van der Waals surface area contributed by atoms with Gasteiger partial charge in [-0.2, -0.15) is 0 Å². The summed E-state index contributed by atoms with van der Waals surface area (Å²) in [5.41, 5.74) is 3.02. The number of rotatable bonds is 6. The zero-order valence-corrected chi connectivity index (χ0v) is 18.7. The summed E-state index contributed by atoms with van der Waals surface area (Å²) in [6.45, 7) is 7.27. The first-order valence-corrected chi connectivity index (χ1v) is 10.3. The third-order valence-electron chi connectivity index (χ3n) is 5.88. The number of hydrogen-bond acceptors (Lipinski definition) is 3. The molecule has 0 saturated carbocycles. The van der Waals surface area contributed by atoms with Crippen LogP contribution in [0, 0.1) is 0 Å². The van der Waals surface area contributed by atoms with E-state index < -0.39 is 0 Å². The lowest BCUT2D eigenvalue weighted by Crippen LogP contribution is -2.47. The van der Waals surface area contributed by atoms with E-state index in [0.717, 1.165) is 45.0 Å². The van der Waals surface area contributed by atoms with Gasteiger partial charge in [0, 0.05) is 32.7 Å². The maximum Gasteiger partial charge on any atom is 0.191 e. The third kappa shape index (κ3) is 5.35. The van der Waals surface area contributed by atoms with Crippen LogP contribution < -0.4 is 10.6 Å². The van der Waals surface area contributed by atoms with E-state index >= 15 is 0 Å². The van der Waals surface area contributed by atoms with Gasteiger partial charge < -0.3 is 15.4 Å². The Balaban J connectivity index is 0.00000210. The van der Waals surface area contributed by atoms with Gasteiger partial charge >= 0.3 is 0 Å². The van der Waals surface area contributed by atoms with Gasteiger partial charge in [0.25, 0.3) is 0 Å². The van der Waals surface area contributed by atoms with E-state index in [1.54, 1.807) is 0 Å². The zero-order chi connectivity index (χ0) is 17.8. The molecule has 1 aromatic carbocycles. The Bertz CT molecular complexity index is 638. The molecule has 3 heterocycles. The minimum absolute atomic E-state index is 0. The summed E-state index contributed by atoms with van der Waals surface area (Å²) in [5.74, 6) is 0.956. The molecule has 3 atom stereocenters. The maximum atomic E-state index is 5.95. The Morgan fingerprint density at radius 1 is 1.26 bits per heavy atom. The van der Waals surface area contributed by atoms with E-state index in [1.807, 2.05) is 0 Å². The fourth-order valence-electron chi connectivity index (χ4n) is 4.52. The topological polar surface area (TPSA) is 48.9 Å². The van der Waals surface area contributed by atoms with Gasteiger partial charge in [0.1, 0.15) is 0 Å². The minimum Gasteiger partial charge on any atom is -0.373 e. The Morgan fingerprint density at radius 2 is 2.11 bits per heavy atom. The lowest BCUT2D eigenvalue weighted by atomic mass is 9.96. The van der Waals surface area contributed by atoms with Crippen molar-refractivity contribution in [2.45, 2.75) is 63.8 Å². The Labute approximate surface area is 180 Å². The summed E-state index contributed by atoms with van der Waals surface area (Å²) in [6.07, 6.45) is 6.69. The molecular weight excluding hydrogens is 451 g/mol. The van der Waals surface area contributed by atoms with Crippen LogP contribution in [-0.2, 0) is 17.7 Å². The quantitative estimate of drug-likeness (QED) is 0.282. The molecule has 3 unspecified atom stereocenters.